The Labute approximate surface area is 131 Å². The Morgan fingerprint density at radius 3 is 2.43 bits per heavy atom. The maximum atomic E-state index is 11.1. The predicted molar refractivity (Wildman–Crippen MR) is 81.9 cm³/mol. The number of hydrazone groups is 1. The first kappa shape index (κ1) is 15.5. The molecule has 0 saturated carbocycles. The minimum Gasteiger partial charge on any atom is -0.457 e. The fourth-order valence-electron chi connectivity index (χ4n) is 1.64. The highest BCUT2D eigenvalue weighted by Crippen LogP contribution is 2.31. The summed E-state index contributed by atoms with van der Waals surface area (Å²) in [6.45, 7) is 0. The van der Waals surface area contributed by atoms with E-state index >= 15 is 0 Å². The van der Waals surface area contributed by atoms with E-state index in [1.807, 2.05) is 6.07 Å². The molecule has 112 valence electrons. The Bertz CT molecular complexity index is 818. The number of nitrogens with zero attached hydrogens (tertiary/aromatic N) is 4. The Morgan fingerprint density at radius 2 is 1.83 bits per heavy atom. The van der Waals surface area contributed by atoms with E-state index < -0.39 is 10.6 Å². The monoisotopic (exact) mass is 307 g/mol. The molecule has 2 aromatic rings. The van der Waals surface area contributed by atoms with Crippen LogP contribution in [0.15, 0.2) is 53.6 Å². The molecule has 1 N–H and O–H groups in total. The minimum absolute atomic E-state index is 0.0402. The number of hydrogen-bond acceptors (Lipinski definition) is 7. The van der Waals surface area contributed by atoms with E-state index in [-0.39, 0.29) is 17.1 Å². The number of rotatable bonds is 5. The van der Waals surface area contributed by atoms with E-state index in [0.717, 1.165) is 0 Å². The van der Waals surface area contributed by atoms with Gasteiger partial charge in [-0.05, 0) is 24.3 Å². The summed E-state index contributed by atoms with van der Waals surface area (Å²) in [6, 6.07) is 16.0. The third kappa shape index (κ3) is 4.03. The molecule has 0 radical (unpaired) electrons. The lowest BCUT2D eigenvalue weighted by atomic mass is 10.2. The van der Waals surface area contributed by atoms with Gasteiger partial charge in [-0.3, -0.25) is 15.5 Å². The predicted octanol–water partition coefficient (Wildman–Crippen LogP) is 3.20. The average Bonchev–Trinajstić information content (AvgIpc) is 2.57. The summed E-state index contributed by atoms with van der Waals surface area (Å²) in [6.07, 6.45) is 0. The van der Waals surface area contributed by atoms with Crippen molar-refractivity contribution in [3.63, 3.8) is 0 Å². The topological polar surface area (TPSA) is 124 Å². The maximum absolute atomic E-state index is 11.1. The maximum Gasteiger partial charge on any atom is 0.297 e. The van der Waals surface area contributed by atoms with Gasteiger partial charge in [0.05, 0.1) is 11.0 Å². The number of nitro benzene ring substituents is 1. The summed E-state index contributed by atoms with van der Waals surface area (Å²) in [4.78, 5) is 10.5. The van der Waals surface area contributed by atoms with Gasteiger partial charge in [-0.1, -0.05) is 18.2 Å². The van der Waals surface area contributed by atoms with Crippen LogP contribution >= 0.6 is 0 Å². The quantitative estimate of drug-likeness (QED) is 0.513. The number of nitrogens with one attached hydrogen (secondary N) is 1. The first-order valence-corrected chi connectivity index (χ1v) is 6.29. The SMILES string of the molecule is N#CC(C#N)=NNc1ccc(Oc2ccccc2)cc1[N+](=O)[O-]. The van der Waals surface area contributed by atoms with E-state index in [0.29, 0.717) is 5.75 Å². The molecule has 0 heterocycles. The lowest BCUT2D eigenvalue weighted by molar-refractivity contribution is -0.384. The molecule has 0 aliphatic rings. The normalized spacial score (nSPS) is 9.13. The number of nitro groups is 1. The molecule has 8 heteroatoms. The molecule has 0 saturated heterocycles. The van der Waals surface area contributed by atoms with Crippen LogP contribution < -0.4 is 10.2 Å². The van der Waals surface area contributed by atoms with Crippen molar-refractivity contribution in [2.24, 2.45) is 5.10 Å². The average molecular weight is 307 g/mol. The van der Waals surface area contributed by atoms with E-state index in [1.54, 1.807) is 36.4 Å². The second-order valence-corrected chi connectivity index (χ2v) is 4.15. The largest absolute Gasteiger partial charge is 0.457 e. The molecule has 2 rings (SSSR count). The van der Waals surface area contributed by atoms with Crippen LogP contribution in [0.1, 0.15) is 0 Å². The van der Waals surface area contributed by atoms with Crippen molar-refractivity contribution in [1.29, 1.82) is 10.5 Å². The summed E-state index contributed by atoms with van der Waals surface area (Å²) in [7, 11) is 0. The Hall–Kier alpha value is -3.91. The fraction of sp³-hybridized carbons (Fsp3) is 0. The molecule has 0 spiro atoms. The first-order valence-electron chi connectivity index (χ1n) is 6.29. The number of ether oxygens (including phenoxy) is 1. The molecule has 2 aromatic carbocycles. The van der Waals surface area contributed by atoms with Gasteiger partial charge in [-0.25, -0.2) is 0 Å². The smallest absolute Gasteiger partial charge is 0.297 e. The summed E-state index contributed by atoms with van der Waals surface area (Å²) in [5, 5.41) is 31.8. The van der Waals surface area contributed by atoms with Crippen molar-refractivity contribution < 1.29 is 9.66 Å². The molecular formula is C15H9N5O3. The van der Waals surface area contributed by atoms with E-state index in [1.165, 1.54) is 18.2 Å². The molecule has 0 aliphatic heterocycles. The van der Waals surface area contributed by atoms with Crippen LogP contribution in [0.3, 0.4) is 0 Å². The zero-order chi connectivity index (χ0) is 16.7. The van der Waals surface area contributed by atoms with Gasteiger partial charge in [0.15, 0.2) is 0 Å². The Morgan fingerprint density at radius 1 is 1.13 bits per heavy atom. The zero-order valence-corrected chi connectivity index (χ0v) is 11.6. The number of anilines is 1. The van der Waals surface area contributed by atoms with Gasteiger partial charge in [0, 0.05) is 0 Å². The van der Waals surface area contributed by atoms with Gasteiger partial charge in [-0.15, -0.1) is 0 Å². The summed E-state index contributed by atoms with van der Waals surface area (Å²) in [5.41, 5.74) is 1.64. The van der Waals surface area contributed by atoms with E-state index in [2.05, 4.69) is 10.5 Å². The lowest BCUT2D eigenvalue weighted by Crippen LogP contribution is -2.00. The van der Waals surface area contributed by atoms with Gasteiger partial charge in [0.25, 0.3) is 5.69 Å². The molecule has 0 aromatic heterocycles. The molecule has 0 fully saturated rings. The van der Waals surface area contributed by atoms with Gasteiger partial charge >= 0.3 is 0 Å². The molecule has 0 unspecified atom stereocenters. The lowest BCUT2D eigenvalue weighted by Gasteiger charge is -2.07. The summed E-state index contributed by atoms with van der Waals surface area (Å²) < 4.78 is 5.52. The van der Waals surface area contributed by atoms with Crippen molar-refractivity contribution >= 4 is 17.1 Å². The molecule has 0 aliphatic carbocycles. The third-order valence-electron chi connectivity index (χ3n) is 2.64. The van der Waals surface area contributed by atoms with Crippen molar-refractivity contribution in [3.8, 4) is 23.6 Å². The second-order valence-electron chi connectivity index (χ2n) is 4.15. The number of hydrogen-bond donors (Lipinski definition) is 1. The van der Waals surface area contributed by atoms with Crippen molar-refractivity contribution in [1.82, 2.24) is 0 Å². The number of para-hydroxylation sites is 1. The Balaban J connectivity index is 2.29. The highest BCUT2D eigenvalue weighted by Gasteiger charge is 2.15. The van der Waals surface area contributed by atoms with Crippen LogP contribution in [0.4, 0.5) is 11.4 Å². The first-order chi connectivity index (χ1) is 11.1. The fourth-order valence-corrected chi connectivity index (χ4v) is 1.64. The van der Waals surface area contributed by atoms with Crippen molar-refractivity contribution in [2.45, 2.75) is 0 Å². The van der Waals surface area contributed by atoms with Crippen molar-refractivity contribution in [2.75, 3.05) is 5.43 Å². The highest BCUT2D eigenvalue weighted by atomic mass is 16.6. The van der Waals surface area contributed by atoms with Gasteiger partial charge < -0.3 is 4.74 Å². The number of nitriles is 2. The van der Waals surface area contributed by atoms with Crippen LogP contribution in [0.5, 0.6) is 11.5 Å². The third-order valence-corrected chi connectivity index (χ3v) is 2.64. The molecule has 0 amide bonds. The standard InChI is InChI=1S/C15H9N5O3/c16-9-11(10-17)18-19-14-7-6-13(8-15(14)20(21)22)23-12-4-2-1-3-5-12/h1-8,19H. The minimum atomic E-state index is -0.617. The highest BCUT2D eigenvalue weighted by molar-refractivity contribution is 6.10. The molecule has 8 nitrogen and oxygen atoms in total. The van der Waals surface area contributed by atoms with Gasteiger partial charge in [0.2, 0.25) is 5.71 Å². The Kier molecular flexibility index (Phi) is 4.85. The van der Waals surface area contributed by atoms with Crippen LogP contribution in [0.25, 0.3) is 0 Å². The van der Waals surface area contributed by atoms with E-state index in [4.69, 9.17) is 15.3 Å². The molecule has 0 bridgehead atoms. The second kappa shape index (κ2) is 7.20. The summed E-state index contributed by atoms with van der Waals surface area (Å²) >= 11 is 0. The van der Waals surface area contributed by atoms with Crippen LogP contribution in [-0.4, -0.2) is 10.6 Å². The van der Waals surface area contributed by atoms with Crippen LogP contribution in [0, 0.1) is 32.8 Å². The van der Waals surface area contributed by atoms with E-state index in [9.17, 15) is 10.1 Å². The molecule has 23 heavy (non-hydrogen) atoms. The summed E-state index contributed by atoms with van der Waals surface area (Å²) in [5.74, 6) is 0.815. The van der Waals surface area contributed by atoms with Gasteiger partial charge in [0.1, 0.15) is 29.3 Å². The molecule has 0 atom stereocenters. The van der Waals surface area contributed by atoms with Crippen molar-refractivity contribution in [3.05, 3.63) is 58.6 Å². The molecular weight excluding hydrogens is 298 g/mol. The number of benzene rings is 2. The van der Waals surface area contributed by atoms with Gasteiger partial charge in [-0.2, -0.15) is 15.6 Å². The van der Waals surface area contributed by atoms with Crippen LogP contribution in [0.2, 0.25) is 0 Å². The van der Waals surface area contributed by atoms with Crippen LogP contribution in [-0.2, 0) is 0 Å². The zero-order valence-electron chi connectivity index (χ0n) is 11.6.